The van der Waals surface area contributed by atoms with Crippen molar-refractivity contribution >= 4 is 11.5 Å². The number of carbonyl (C=O) groups excluding carboxylic acids is 1. The van der Waals surface area contributed by atoms with Crippen LogP contribution in [0.4, 0.5) is 5.69 Å². The van der Waals surface area contributed by atoms with Crippen molar-refractivity contribution in [3.8, 4) is 0 Å². The molecule has 1 aliphatic carbocycles. The van der Waals surface area contributed by atoms with E-state index < -0.39 is 0 Å². The molecule has 1 aromatic heterocycles. The average molecular weight is 202 g/mol. The lowest BCUT2D eigenvalue weighted by Gasteiger charge is -2.08. The summed E-state index contributed by atoms with van der Waals surface area (Å²) in [6, 6.07) is 3.45. The van der Waals surface area contributed by atoms with Crippen molar-refractivity contribution in [1.29, 1.82) is 0 Å². The number of pyridine rings is 1. The van der Waals surface area contributed by atoms with E-state index in [1.54, 1.807) is 18.3 Å². The highest BCUT2D eigenvalue weighted by atomic mass is 16.1. The van der Waals surface area contributed by atoms with Crippen molar-refractivity contribution in [2.24, 2.45) is 5.92 Å². The Morgan fingerprint density at radius 1 is 1.47 bits per heavy atom. The van der Waals surface area contributed by atoms with Crippen LogP contribution in [0.2, 0.25) is 0 Å². The predicted octanol–water partition coefficient (Wildman–Crippen LogP) is 2.20. The van der Waals surface area contributed by atoms with E-state index in [1.807, 2.05) is 0 Å². The number of nitrogen functional groups attached to an aromatic ring is 1. The first-order valence-corrected chi connectivity index (χ1v) is 5.16. The van der Waals surface area contributed by atoms with Crippen LogP contribution in [0.25, 0.3) is 0 Å². The van der Waals surface area contributed by atoms with Gasteiger partial charge in [0.05, 0.1) is 5.69 Å². The maximum absolute atomic E-state index is 11.9. The molecule has 0 saturated carbocycles. The quantitative estimate of drug-likeness (QED) is 0.604. The molecule has 0 aliphatic heterocycles. The van der Waals surface area contributed by atoms with Crippen LogP contribution in [0.3, 0.4) is 0 Å². The number of anilines is 1. The molecule has 2 N–H and O–H groups in total. The van der Waals surface area contributed by atoms with Gasteiger partial charge in [0.15, 0.2) is 5.78 Å². The standard InChI is InChI=1S/C12H14N2O/c13-10-6-3-7-14-12(10)11(15)8-9-4-1-2-5-9/h1-3,6-7,9H,4-5,8,13H2. The van der Waals surface area contributed by atoms with E-state index in [0.717, 1.165) is 12.8 Å². The zero-order valence-electron chi connectivity index (χ0n) is 8.52. The van der Waals surface area contributed by atoms with E-state index in [9.17, 15) is 4.79 Å². The number of hydrogen-bond acceptors (Lipinski definition) is 3. The van der Waals surface area contributed by atoms with Crippen molar-refractivity contribution in [2.75, 3.05) is 5.73 Å². The monoisotopic (exact) mass is 202 g/mol. The van der Waals surface area contributed by atoms with Crippen molar-refractivity contribution in [3.05, 3.63) is 36.2 Å². The van der Waals surface area contributed by atoms with Gasteiger partial charge in [0.2, 0.25) is 0 Å². The summed E-state index contributed by atoms with van der Waals surface area (Å²) in [7, 11) is 0. The fraction of sp³-hybridized carbons (Fsp3) is 0.333. The Morgan fingerprint density at radius 3 is 2.87 bits per heavy atom. The summed E-state index contributed by atoms with van der Waals surface area (Å²) in [6.45, 7) is 0. The molecule has 0 radical (unpaired) electrons. The number of rotatable bonds is 3. The smallest absolute Gasteiger partial charge is 0.183 e. The van der Waals surface area contributed by atoms with E-state index >= 15 is 0 Å². The van der Waals surface area contributed by atoms with Crippen LogP contribution in [-0.4, -0.2) is 10.8 Å². The molecular formula is C12H14N2O. The molecule has 0 bridgehead atoms. The lowest BCUT2D eigenvalue weighted by molar-refractivity contribution is 0.0959. The fourth-order valence-electron chi connectivity index (χ4n) is 1.85. The number of carbonyl (C=O) groups is 1. The highest BCUT2D eigenvalue weighted by Gasteiger charge is 2.18. The second-order valence-corrected chi connectivity index (χ2v) is 3.88. The SMILES string of the molecule is Nc1cccnc1C(=O)CC1CC=CC1. The minimum atomic E-state index is 0.0572. The van der Waals surface area contributed by atoms with Gasteiger partial charge in [-0.25, -0.2) is 0 Å². The number of nitrogens with two attached hydrogens (primary N) is 1. The topological polar surface area (TPSA) is 56.0 Å². The molecule has 15 heavy (non-hydrogen) atoms. The highest BCUT2D eigenvalue weighted by Crippen LogP contribution is 2.23. The van der Waals surface area contributed by atoms with Crippen molar-refractivity contribution in [3.63, 3.8) is 0 Å². The van der Waals surface area contributed by atoms with Crippen LogP contribution in [-0.2, 0) is 0 Å². The van der Waals surface area contributed by atoms with Gasteiger partial charge in [-0.15, -0.1) is 0 Å². The lowest BCUT2D eigenvalue weighted by Crippen LogP contribution is -2.10. The van der Waals surface area contributed by atoms with E-state index in [2.05, 4.69) is 17.1 Å². The molecule has 3 heteroatoms. The number of hydrogen-bond donors (Lipinski definition) is 1. The van der Waals surface area contributed by atoms with Gasteiger partial charge in [-0.05, 0) is 30.9 Å². The summed E-state index contributed by atoms with van der Waals surface area (Å²) in [5, 5.41) is 0. The van der Waals surface area contributed by atoms with Crippen LogP contribution in [0.1, 0.15) is 29.8 Å². The predicted molar refractivity (Wildman–Crippen MR) is 59.5 cm³/mol. The van der Waals surface area contributed by atoms with Gasteiger partial charge in [-0.1, -0.05) is 12.2 Å². The highest BCUT2D eigenvalue weighted by molar-refractivity contribution is 5.98. The van der Waals surface area contributed by atoms with Crippen LogP contribution < -0.4 is 5.73 Å². The number of aromatic nitrogens is 1. The van der Waals surface area contributed by atoms with E-state index in [1.165, 1.54) is 0 Å². The Bertz CT molecular complexity index is 390. The van der Waals surface area contributed by atoms with Gasteiger partial charge in [0.1, 0.15) is 5.69 Å². The molecule has 1 heterocycles. The summed E-state index contributed by atoms with van der Waals surface area (Å²) in [5.74, 6) is 0.501. The first-order chi connectivity index (χ1) is 7.27. The summed E-state index contributed by atoms with van der Waals surface area (Å²) in [5.41, 5.74) is 6.60. The van der Waals surface area contributed by atoms with Gasteiger partial charge in [-0.3, -0.25) is 9.78 Å². The molecule has 0 unspecified atom stereocenters. The summed E-state index contributed by atoms with van der Waals surface area (Å²) < 4.78 is 0. The van der Waals surface area contributed by atoms with Gasteiger partial charge >= 0.3 is 0 Å². The Morgan fingerprint density at radius 2 is 2.20 bits per heavy atom. The third kappa shape index (κ3) is 2.24. The van der Waals surface area contributed by atoms with Crippen molar-refractivity contribution < 1.29 is 4.79 Å². The zero-order chi connectivity index (χ0) is 10.7. The molecule has 2 rings (SSSR count). The minimum absolute atomic E-state index is 0.0572. The summed E-state index contributed by atoms with van der Waals surface area (Å²) in [4.78, 5) is 15.9. The second kappa shape index (κ2) is 4.26. The third-order valence-electron chi connectivity index (χ3n) is 2.68. The summed E-state index contributed by atoms with van der Waals surface area (Å²) >= 11 is 0. The largest absolute Gasteiger partial charge is 0.397 e. The number of allylic oxidation sites excluding steroid dienone is 2. The molecule has 3 nitrogen and oxygen atoms in total. The average Bonchev–Trinajstić information content (AvgIpc) is 2.71. The first kappa shape index (κ1) is 9.90. The molecular weight excluding hydrogens is 188 g/mol. The van der Waals surface area contributed by atoms with Crippen LogP contribution in [0.15, 0.2) is 30.5 Å². The molecule has 0 atom stereocenters. The normalized spacial score (nSPS) is 15.7. The maximum atomic E-state index is 11.9. The van der Waals surface area contributed by atoms with Gasteiger partial charge in [0, 0.05) is 12.6 Å². The van der Waals surface area contributed by atoms with Gasteiger partial charge in [-0.2, -0.15) is 0 Å². The third-order valence-corrected chi connectivity index (χ3v) is 2.68. The molecule has 0 aromatic carbocycles. The molecule has 1 aliphatic rings. The number of nitrogens with zero attached hydrogens (tertiary/aromatic N) is 1. The van der Waals surface area contributed by atoms with Crippen molar-refractivity contribution in [2.45, 2.75) is 19.3 Å². The molecule has 0 fully saturated rings. The Hall–Kier alpha value is -1.64. The Kier molecular flexibility index (Phi) is 2.81. The van der Waals surface area contributed by atoms with Crippen LogP contribution in [0, 0.1) is 5.92 Å². The van der Waals surface area contributed by atoms with Gasteiger partial charge < -0.3 is 5.73 Å². The molecule has 1 aromatic rings. The maximum Gasteiger partial charge on any atom is 0.183 e. The van der Waals surface area contributed by atoms with Crippen LogP contribution >= 0.6 is 0 Å². The summed E-state index contributed by atoms with van der Waals surface area (Å²) in [6.07, 6.45) is 8.40. The minimum Gasteiger partial charge on any atom is -0.397 e. The van der Waals surface area contributed by atoms with E-state index in [4.69, 9.17) is 5.73 Å². The lowest BCUT2D eigenvalue weighted by atomic mass is 9.98. The van der Waals surface area contributed by atoms with E-state index in [0.29, 0.717) is 23.7 Å². The molecule has 0 saturated heterocycles. The van der Waals surface area contributed by atoms with Crippen molar-refractivity contribution in [1.82, 2.24) is 4.98 Å². The Labute approximate surface area is 89.0 Å². The number of Topliss-reactive ketones (excluding diaryl/α,β-unsaturated/α-hetero) is 1. The second-order valence-electron chi connectivity index (χ2n) is 3.88. The Balaban J connectivity index is 2.05. The van der Waals surface area contributed by atoms with Crippen LogP contribution in [0.5, 0.6) is 0 Å². The first-order valence-electron chi connectivity index (χ1n) is 5.16. The molecule has 0 amide bonds. The van der Waals surface area contributed by atoms with E-state index in [-0.39, 0.29) is 5.78 Å². The zero-order valence-corrected chi connectivity index (χ0v) is 8.52. The fourth-order valence-corrected chi connectivity index (χ4v) is 1.85. The molecule has 78 valence electrons. The molecule has 0 spiro atoms. The van der Waals surface area contributed by atoms with Gasteiger partial charge in [0.25, 0.3) is 0 Å². The number of ketones is 1.